The van der Waals surface area contributed by atoms with E-state index < -0.39 is 0 Å². The van der Waals surface area contributed by atoms with Crippen LogP contribution in [-0.2, 0) is 0 Å². The molecule has 1 aliphatic carbocycles. The van der Waals surface area contributed by atoms with E-state index in [4.69, 9.17) is 0 Å². The summed E-state index contributed by atoms with van der Waals surface area (Å²) in [6.45, 7) is 1.15. The van der Waals surface area contributed by atoms with Crippen molar-refractivity contribution in [2.24, 2.45) is 0 Å². The van der Waals surface area contributed by atoms with Gasteiger partial charge in [0.05, 0.1) is 6.67 Å². The Balaban J connectivity index is 2.05. The molecule has 1 saturated carbocycles. The van der Waals surface area contributed by atoms with Gasteiger partial charge < -0.3 is 0 Å². The largest absolute Gasteiger partial charge is 0.231 e. The van der Waals surface area contributed by atoms with Crippen LogP contribution in [0, 0.1) is 0 Å². The molecule has 2 atom stereocenters. The van der Waals surface area contributed by atoms with E-state index in [1.54, 1.807) is 0 Å². The van der Waals surface area contributed by atoms with Gasteiger partial charge in [0.2, 0.25) is 0 Å². The molecule has 2 rings (SSSR count). The van der Waals surface area contributed by atoms with E-state index in [1.165, 1.54) is 25.7 Å². The van der Waals surface area contributed by atoms with Gasteiger partial charge in [0.25, 0.3) is 0 Å². The molecule has 2 unspecified atom stereocenters. The zero-order valence-electron chi connectivity index (χ0n) is 8.40. The molecule has 2 nitrogen and oxygen atoms in total. The summed E-state index contributed by atoms with van der Waals surface area (Å²) < 4.78 is 5.11. The van der Waals surface area contributed by atoms with Crippen LogP contribution >= 0.6 is 23.9 Å². The van der Waals surface area contributed by atoms with Crippen LogP contribution in [-0.4, -0.2) is 39.9 Å². The quantitative estimate of drug-likeness (QED) is 0.656. The van der Waals surface area contributed by atoms with Gasteiger partial charge in [0.1, 0.15) is 0 Å². The van der Waals surface area contributed by atoms with Gasteiger partial charge in [-0.25, -0.2) is 8.61 Å². The molecule has 1 heterocycles. The van der Waals surface area contributed by atoms with Crippen molar-refractivity contribution in [3.8, 4) is 0 Å². The highest BCUT2D eigenvalue weighted by atomic mass is 32.2. The molecule has 0 amide bonds. The van der Waals surface area contributed by atoms with Crippen molar-refractivity contribution in [2.75, 3.05) is 19.2 Å². The van der Waals surface area contributed by atoms with Crippen LogP contribution in [0.5, 0.6) is 0 Å². The third-order valence-electron chi connectivity index (χ3n) is 3.18. The van der Waals surface area contributed by atoms with E-state index in [1.807, 2.05) is 23.9 Å². The zero-order valence-corrected chi connectivity index (χ0v) is 10.0. The second-order valence-electron chi connectivity index (χ2n) is 3.76. The lowest BCUT2D eigenvalue weighted by molar-refractivity contribution is 0.295. The highest BCUT2D eigenvalue weighted by Gasteiger charge is 2.40. The Bertz CT molecular complexity index is 159. The third-order valence-corrected chi connectivity index (χ3v) is 4.89. The first-order valence-electron chi connectivity index (χ1n) is 4.98. The van der Waals surface area contributed by atoms with Crippen molar-refractivity contribution in [1.82, 2.24) is 8.61 Å². The van der Waals surface area contributed by atoms with Crippen molar-refractivity contribution >= 4 is 23.9 Å². The Labute approximate surface area is 89.7 Å². The molecule has 0 radical (unpaired) electrons. The van der Waals surface area contributed by atoms with E-state index in [2.05, 4.69) is 21.1 Å². The number of fused-ring (bicyclic) bond motifs is 1. The predicted octanol–water partition coefficient (Wildman–Crippen LogP) is 2.43. The van der Waals surface area contributed by atoms with Crippen molar-refractivity contribution in [3.63, 3.8) is 0 Å². The number of hydrogen-bond donors (Lipinski definition) is 0. The summed E-state index contributed by atoms with van der Waals surface area (Å²) in [6.07, 6.45) is 10.1. The fourth-order valence-electron chi connectivity index (χ4n) is 2.50. The maximum Gasteiger partial charge on any atom is 0.0711 e. The Morgan fingerprint density at radius 2 is 1.38 bits per heavy atom. The van der Waals surface area contributed by atoms with Crippen LogP contribution in [0.15, 0.2) is 0 Å². The minimum Gasteiger partial charge on any atom is -0.231 e. The number of nitrogens with zero attached hydrogens (tertiary/aromatic N) is 2. The van der Waals surface area contributed by atoms with E-state index in [-0.39, 0.29) is 0 Å². The number of rotatable bonds is 2. The second kappa shape index (κ2) is 4.43. The fourth-order valence-corrected chi connectivity index (χ4v) is 4.08. The highest BCUT2D eigenvalue weighted by Crippen LogP contribution is 2.38. The Morgan fingerprint density at radius 1 is 0.923 bits per heavy atom. The van der Waals surface area contributed by atoms with Gasteiger partial charge in [-0.2, -0.15) is 0 Å². The van der Waals surface area contributed by atoms with Gasteiger partial charge in [-0.15, -0.1) is 0 Å². The lowest BCUT2D eigenvalue weighted by Gasteiger charge is -2.30. The lowest BCUT2D eigenvalue weighted by Crippen LogP contribution is -2.36. The minimum absolute atomic E-state index is 0.830. The van der Waals surface area contributed by atoms with Crippen LogP contribution in [0.1, 0.15) is 25.7 Å². The molecule has 0 N–H and O–H groups in total. The monoisotopic (exact) mass is 218 g/mol. The molecule has 0 aromatic heterocycles. The molecule has 0 aromatic rings. The molecule has 1 aliphatic heterocycles. The summed E-state index contributed by atoms with van der Waals surface area (Å²) in [5.74, 6) is 0. The minimum atomic E-state index is 0.830. The highest BCUT2D eigenvalue weighted by molar-refractivity contribution is 7.97. The van der Waals surface area contributed by atoms with Gasteiger partial charge >= 0.3 is 0 Å². The van der Waals surface area contributed by atoms with Gasteiger partial charge in [0.15, 0.2) is 0 Å². The van der Waals surface area contributed by atoms with Crippen LogP contribution in [0.4, 0.5) is 0 Å². The first-order chi connectivity index (χ1) is 6.36. The third kappa shape index (κ3) is 1.87. The smallest absolute Gasteiger partial charge is 0.0711 e. The normalized spacial score (nSPS) is 36.5. The summed E-state index contributed by atoms with van der Waals surface area (Å²) in [6, 6.07) is 1.66. The lowest BCUT2D eigenvalue weighted by atomic mass is 9.92. The average molecular weight is 218 g/mol. The van der Waals surface area contributed by atoms with Crippen LogP contribution in [0.2, 0.25) is 0 Å². The molecular weight excluding hydrogens is 200 g/mol. The van der Waals surface area contributed by atoms with Crippen molar-refractivity contribution in [1.29, 1.82) is 0 Å². The summed E-state index contributed by atoms with van der Waals surface area (Å²) in [5, 5.41) is 0. The van der Waals surface area contributed by atoms with Crippen LogP contribution in [0.25, 0.3) is 0 Å². The average Bonchev–Trinajstić information content (AvgIpc) is 2.56. The Morgan fingerprint density at radius 3 is 1.77 bits per heavy atom. The predicted molar refractivity (Wildman–Crippen MR) is 61.6 cm³/mol. The van der Waals surface area contributed by atoms with E-state index >= 15 is 0 Å². The molecule has 4 heteroatoms. The molecule has 0 bridgehead atoms. The maximum atomic E-state index is 2.56. The first-order valence-corrected chi connectivity index (χ1v) is 7.34. The van der Waals surface area contributed by atoms with Gasteiger partial charge in [-0.1, -0.05) is 36.7 Å². The first kappa shape index (κ1) is 10.1. The molecule has 13 heavy (non-hydrogen) atoms. The van der Waals surface area contributed by atoms with Crippen molar-refractivity contribution < 1.29 is 0 Å². The maximum absolute atomic E-state index is 2.56. The topological polar surface area (TPSA) is 6.48 Å². The van der Waals surface area contributed by atoms with Gasteiger partial charge in [-0.3, -0.25) is 0 Å². The molecule has 0 aromatic carbocycles. The SMILES string of the molecule is CSN1CN(SC)C2CCCCC21. The standard InChI is InChI=1S/C9H18N2S2/c1-12-10-7-11(13-2)9-6-4-3-5-8(9)10/h8-9H,3-7H2,1-2H3. The fraction of sp³-hybridized carbons (Fsp3) is 1.00. The van der Waals surface area contributed by atoms with Crippen LogP contribution in [0.3, 0.4) is 0 Å². The number of hydrogen-bond acceptors (Lipinski definition) is 4. The molecule has 2 fully saturated rings. The summed E-state index contributed by atoms with van der Waals surface area (Å²) >= 11 is 3.83. The molecule has 1 saturated heterocycles. The Hall–Kier alpha value is 0.620. The van der Waals surface area contributed by atoms with Gasteiger partial charge in [-0.05, 0) is 25.4 Å². The van der Waals surface area contributed by atoms with Crippen LogP contribution < -0.4 is 0 Å². The Kier molecular flexibility index (Phi) is 3.46. The summed E-state index contributed by atoms with van der Waals surface area (Å²) in [5.41, 5.74) is 0. The van der Waals surface area contributed by atoms with E-state index in [0.29, 0.717) is 0 Å². The summed E-state index contributed by atoms with van der Waals surface area (Å²) in [7, 11) is 0. The van der Waals surface area contributed by atoms with Crippen molar-refractivity contribution in [2.45, 2.75) is 37.8 Å². The van der Waals surface area contributed by atoms with Gasteiger partial charge in [0, 0.05) is 12.1 Å². The molecule has 76 valence electrons. The molecule has 2 aliphatic rings. The molecule has 0 spiro atoms. The van der Waals surface area contributed by atoms with E-state index in [9.17, 15) is 0 Å². The zero-order chi connectivity index (χ0) is 9.26. The summed E-state index contributed by atoms with van der Waals surface area (Å²) in [4.78, 5) is 0. The van der Waals surface area contributed by atoms with Crippen molar-refractivity contribution in [3.05, 3.63) is 0 Å². The molecular formula is C9H18N2S2. The second-order valence-corrected chi connectivity index (χ2v) is 5.43. The van der Waals surface area contributed by atoms with E-state index in [0.717, 1.165) is 18.8 Å².